The van der Waals surface area contributed by atoms with Gasteiger partial charge in [-0.15, -0.1) is 11.3 Å². The SMILES string of the molecule is C[C@@H]1CCc2sc(C(=O)O[C@@H](C)C(=O)Nc3ccc(C#N)cc3)cc2C1. The van der Waals surface area contributed by atoms with Crippen LogP contribution >= 0.6 is 11.3 Å². The van der Waals surface area contributed by atoms with Crippen LogP contribution in [0.3, 0.4) is 0 Å². The zero-order valence-electron chi connectivity index (χ0n) is 14.7. The predicted octanol–water partition coefficient (Wildman–Crippen LogP) is 3.93. The first-order chi connectivity index (χ1) is 12.5. The molecule has 1 aliphatic carbocycles. The number of carbonyl (C=O) groups is 2. The van der Waals surface area contributed by atoms with E-state index in [1.165, 1.54) is 21.8 Å². The molecule has 0 fully saturated rings. The molecule has 0 saturated heterocycles. The van der Waals surface area contributed by atoms with Gasteiger partial charge in [0.25, 0.3) is 5.91 Å². The van der Waals surface area contributed by atoms with Crippen LogP contribution in [-0.4, -0.2) is 18.0 Å². The van der Waals surface area contributed by atoms with Crippen LogP contribution in [0.15, 0.2) is 30.3 Å². The van der Waals surface area contributed by atoms with Crippen molar-refractivity contribution in [2.75, 3.05) is 5.32 Å². The number of nitrogens with one attached hydrogen (secondary N) is 1. The molecule has 1 N–H and O–H groups in total. The summed E-state index contributed by atoms with van der Waals surface area (Å²) in [7, 11) is 0. The summed E-state index contributed by atoms with van der Waals surface area (Å²) in [6, 6.07) is 10.4. The molecular weight excluding hydrogens is 348 g/mol. The van der Waals surface area contributed by atoms with Crippen molar-refractivity contribution < 1.29 is 14.3 Å². The van der Waals surface area contributed by atoms with Crippen molar-refractivity contribution in [3.8, 4) is 6.07 Å². The van der Waals surface area contributed by atoms with E-state index in [-0.39, 0.29) is 0 Å². The van der Waals surface area contributed by atoms with Crippen LogP contribution in [0, 0.1) is 17.2 Å². The third kappa shape index (κ3) is 4.12. The Kier molecular flexibility index (Phi) is 5.38. The predicted molar refractivity (Wildman–Crippen MR) is 100 cm³/mol. The second-order valence-corrected chi connectivity index (χ2v) is 7.77. The minimum absolute atomic E-state index is 0.405. The van der Waals surface area contributed by atoms with Gasteiger partial charge in [0.05, 0.1) is 11.6 Å². The number of carbonyl (C=O) groups excluding carboxylic acids is 2. The molecular formula is C20H20N2O3S. The lowest BCUT2D eigenvalue weighted by Gasteiger charge is -2.16. The lowest BCUT2D eigenvalue weighted by molar-refractivity contribution is -0.123. The molecule has 1 aliphatic rings. The number of amides is 1. The van der Waals surface area contributed by atoms with E-state index in [2.05, 4.69) is 12.2 Å². The fourth-order valence-corrected chi connectivity index (χ4v) is 4.04. The van der Waals surface area contributed by atoms with Crippen molar-refractivity contribution in [3.05, 3.63) is 51.2 Å². The molecule has 3 rings (SSSR count). The number of anilines is 1. The van der Waals surface area contributed by atoms with Crippen LogP contribution in [0.4, 0.5) is 5.69 Å². The van der Waals surface area contributed by atoms with Gasteiger partial charge in [0.1, 0.15) is 4.88 Å². The summed E-state index contributed by atoms with van der Waals surface area (Å²) in [6.45, 7) is 3.76. The maximum atomic E-state index is 12.4. The van der Waals surface area contributed by atoms with E-state index < -0.39 is 18.0 Å². The topological polar surface area (TPSA) is 79.2 Å². The van der Waals surface area contributed by atoms with E-state index >= 15 is 0 Å². The Balaban J connectivity index is 1.60. The minimum atomic E-state index is -0.906. The number of hydrogen-bond acceptors (Lipinski definition) is 5. The van der Waals surface area contributed by atoms with Gasteiger partial charge in [0.15, 0.2) is 6.10 Å². The third-order valence-corrected chi connectivity index (χ3v) is 5.68. The molecule has 2 aromatic rings. The quantitative estimate of drug-likeness (QED) is 0.829. The number of esters is 1. The van der Waals surface area contributed by atoms with Crippen LogP contribution in [0.5, 0.6) is 0 Å². The molecule has 0 spiro atoms. The maximum Gasteiger partial charge on any atom is 0.349 e. The fraction of sp³-hybridized carbons (Fsp3) is 0.350. The summed E-state index contributed by atoms with van der Waals surface area (Å²) in [6.07, 6.45) is 2.23. The molecule has 1 amide bonds. The number of aryl methyl sites for hydroxylation is 1. The monoisotopic (exact) mass is 368 g/mol. The Bertz CT molecular complexity index is 864. The van der Waals surface area contributed by atoms with E-state index in [1.54, 1.807) is 31.2 Å². The van der Waals surface area contributed by atoms with Gasteiger partial charge in [-0.25, -0.2) is 4.79 Å². The Hall–Kier alpha value is -2.65. The number of thiophene rings is 1. The van der Waals surface area contributed by atoms with Gasteiger partial charge in [0, 0.05) is 10.6 Å². The van der Waals surface area contributed by atoms with Gasteiger partial charge in [-0.2, -0.15) is 5.26 Å². The second-order valence-electron chi connectivity index (χ2n) is 6.63. The Morgan fingerprint density at radius 1 is 1.35 bits per heavy atom. The molecule has 2 atom stereocenters. The summed E-state index contributed by atoms with van der Waals surface area (Å²) >= 11 is 1.47. The van der Waals surface area contributed by atoms with Gasteiger partial charge in [-0.05, 0) is 68.0 Å². The third-order valence-electron chi connectivity index (χ3n) is 4.46. The highest BCUT2D eigenvalue weighted by Crippen LogP contribution is 2.32. The summed E-state index contributed by atoms with van der Waals surface area (Å²) in [5.41, 5.74) is 2.30. The number of fused-ring (bicyclic) bond motifs is 1. The van der Waals surface area contributed by atoms with Gasteiger partial charge in [0.2, 0.25) is 0 Å². The van der Waals surface area contributed by atoms with Gasteiger partial charge in [-0.3, -0.25) is 4.79 Å². The number of rotatable bonds is 4. The van der Waals surface area contributed by atoms with Crippen LogP contribution in [-0.2, 0) is 22.4 Å². The summed E-state index contributed by atoms with van der Waals surface area (Å²) in [5, 5.41) is 11.5. The Morgan fingerprint density at radius 3 is 2.77 bits per heavy atom. The highest BCUT2D eigenvalue weighted by molar-refractivity contribution is 7.14. The van der Waals surface area contributed by atoms with Crippen LogP contribution in [0.1, 0.15) is 45.9 Å². The van der Waals surface area contributed by atoms with Crippen LogP contribution < -0.4 is 5.32 Å². The second kappa shape index (κ2) is 7.71. The number of nitrogens with zero attached hydrogens (tertiary/aromatic N) is 1. The van der Waals surface area contributed by atoms with E-state index in [0.29, 0.717) is 22.0 Å². The average molecular weight is 368 g/mol. The van der Waals surface area contributed by atoms with E-state index in [9.17, 15) is 9.59 Å². The molecule has 5 nitrogen and oxygen atoms in total. The molecule has 0 aliphatic heterocycles. The van der Waals surface area contributed by atoms with Gasteiger partial charge < -0.3 is 10.1 Å². The number of hydrogen-bond donors (Lipinski definition) is 1. The van der Waals surface area contributed by atoms with Gasteiger partial charge >= 0.3 is 5.97 Å². The first kappa shape index (κ1) is 18.2. The summed E-state index contributed by atoms with van der Waals surface area (Å²) < 4.78 is 5.33. The highest BCUT2D eigenvalue weighted by Gasteiger charge is 2.24. The normalized spacial score (nSPS) is 16.9. The van der Waals surface area contributed by atoms with Crippen molar-refractivity contribution in [2.45, 2.75) is 39.2 Å². The first-order valence-electron chi connectivity index (χ1n) is 8.60. The van der Waals surface area contributed by atoms with Gasteiger partial charge in [-0.1, -0.05) is 6.92 Å². The lowest BCUT2D eigenvalue weighted by Crippen LogP contribution is -2.29. The van der Waals surface area contributed by atoms with Crippen LogP contribution in [0.2, 0.25) is 0 Å². The molecule has 1 aromatic heterocycles. The van der Waals surface area contributed by atoms with Crippen LogP contribution in [0.25, 0.3) is 0 Å². The molecule has 6 heteroatoms. The van der Waals surface area contributed by atoms with Crippen molar-refractivity contribution in [3.63, 3.8) is 0 Å². The Morgan fingerprint density at radius 2 is 2.08 bits per heavy atom. The van der Waals surface area contributed by atoms with Crippen molar-refractivity contribution >= 4 is 28.9 Å². The van der Waals surface area contributed by atoms with E-state index in [4.69, 9.17) is 10.00 Å². The molecule has 26 heavy (non-hydrogen) atoms. The maximum absolute atomic E-state index is 12.4. The molecule has 0 bridgehead atoms. The number of benzene rings is 1. The summed E-state index contributed by atoms with van der Waals surface area (Å²) in [5.74, 6) is -0.226. The largest absolute Gasteiger partial charge is 0.448 e. The lowest BCUT2D eigenvalue weighted by atomic mass is 9.90. The average Bonchev–Trinajstić information content (AvgIpc) is 3.05. The molecule has 1 heterocycles. The zero-order chi connectivity index (χ0) is 18.7. The van der Waals surface area contributed by atoms with E-state index in [0.717, 1.165) is 19.3 Å². The standard InChI is InChI=1S/C20H20N2O3S/c1-12-3-8-17-15(9-12)10-18(26-17)20(24)25-13(2)19(23)22-16-6-4-14(11-21)5-7-16/h4-7,10,12-13H,3,8-9H2,1-2H3,(H,22,23)/t12-,13+/m1/s1. The number of ether oxygens (including phenoxy) is 1. The molecule has 0 unspecified atom stereocenters. The smallest absolute Gasteiger partial charge is 0.349 e. The van der Waals surface area contributed by atoms with E-state index in [1.807, 2.05) is 12.1 Å². The summed E-state index contributed by atoms with van der Waals surface area (Å²) in [4.78, 5) is 26.4. The zero-order valence-corrected chi connectivity index (χ0v) is 15.6. The fourth-order valence-electron chi connectivity index (χ4n) is 2.95. The van der Waals surface area contributed by atoms with Crippen molar-refractivity contribution in [1.82, 2.24) is 0 Å². The Labute approximate surface area is 156 Å². The van der Waals surface area contributed by atoms with Crippen molar-refractivity contribution in [2.24, 2.45) is 5.92 Å². The highest BCUT2D eigenvalue weighted by atomic mass is 32.1. The molecule has 0 saturated carbocycles. The molecule has 0 radical (unpaired) electrons. The first-order valence-corrected chi connectivity index (χ1v) is 9.41. The minimum Gasteiger partial charge on any atom is -0.448 e. The number of nitriles is 1. The molecule has 1 aromatic carbocycles. The van der Waals surface area contributed by atoms with Crippen molar-refractivity contribution in [1.29, 1.82) is 5.26 Å². The molecule has 134 valence electrons.